The zero-order valence-corrected chi connectivity index (χ0v) is 9.44. The molecule has 0 saturated heterocycles. The first-order chi connectivity index (χ1) is 7.04. The van der Waals surface area contributed by atoms with Crippen LogP contribution in [0.15, 0.2) is 12.1 Å². The Morgan fingerprint density at radius 3 is 2.87 bits per heavy atom. The van der Waals surface area contributed by atoms with E-state index in [0.29, 0.717) is 17.9 Å². The van der Waals surface area contributed by atoms with E-state index in [1.807, 2.05) is 6.92 Å². The fourth-order valence-electron chi connectivity index (χ4n) is 1.05. The molecule has 0 amide bonds. The quantitative estimate of drug-likeness (QED) is 0.785. The summed E-state index contributed by atoms with van der Waals surface area (Å²) in [7, 11) is 1.62. The molecule has 1 atom stereocenters. The lowest BCUT2D eigenvalue weighted by atomic mass is 10.2. The molecular formula is C10H14ClFN2O. The topological polar surface area (TPSA) is 47.3 Å². The summed E-state index contributed by atoms with van der Waals surface area (Å²) >= 11 is 5.63. The van der Waals surface area contributed by atoms with Crippen molar-refractivity contribution in [2.24, 2.45) is 0 Å². The minimum atomic E-state index is -0.514. The van der Waals surface area contributed by atoms with Crippen LogP contribution in [0.4, 0.5) is 15.8 Å². The monoisotopic (exact) mass is 232 g/mol. The van der Waals surface area contributed by atoms with E-state index in [-0.39, 0.29) is 11.1 Å². The standard InChI is InChI=1S/C10H14ClFN2O/c1-6(15-2)5-14-10-3-7(11)8(12)4-9(10)13/h3-4,6,14H,5,13H2,1-2H3. The summed E-state index contributed by atoms with van der Waals surface area (Å²) in [4.78, 5) is 0. The fourth-order valence-corrected chi connectivity index (χ4v) is 1.22. The van der Waals surface area contributed by atoms with Crippen LogP contribution in [0.1, 0.15) is 6.92 Å². The lowest BCUT2D eigenvalue weighted by molar-refractivity contribution is 0.129. The van der Waals surface area contributed by atoms with E-state index in [1.54, 1.807) is 7.11 Å². The summed E-state index contributed by atoms with van der Waals surface area (Å²) in [6.45, 7) is 2.50. The van der Waals surface area contributed by atoms with Crippen LogP contribution in [0.25, 0.3) is 0 Å². The second kappa shape index (κ2) is 5.19. The Morgan fingerprint density at radius 2 is 2.27 bits per heavy atom. The van der Waals surface area contributed by atoms with E-state index in [4.69, 9.17) is 22.1 Å². The Hall–Kier alpha value is -1.00. The summed E-state index contributed by atoms with van der Waals surface area (Å²) in [5.41, 5.74) is 6.57. The first-order valence-electron chi connectivity index (χ1n) is 4.55. The van der Waals surface area contributed by atoms with Crippen LogP contribution in [0.5, 0.6) is 0 Å². The van der Waals surface area contributed by atoms with Crippen molar-refractivity contribution in [3.8, 4) is 0 Å². The van der Waals surface area contributed by atoms with Gasteiger partial charge in [-0.1, -0.05) is 11.6 Å². The van der Waals surface area contributed by atoms with Gasteiger partial charge in [0.2, 0.25) is 0 Å². The van der Waals surface area contributed by atoms with Crippen LogP contribution < -0.4 is 11.1 Å². The van der Waals surface area contributed by atoms with E-state index in [2.05, 4.69) is 5.32 Å². The Bertz CT molecular complexity index is 346. The van der Waals surface area contributed by atoms with Gasteiger partial charge in [-0.25, -0.2) is 4.39 Å². The lowest BCUT2D eigenvalue weighted by Gasteiger charge is -2.13. The Balaban J connectivity index is 2.73. The molecular weight excluding hydrogens is 219 g/mol. The molecule has 0 aliphatic heterocycles. The molecule has 1 aromatic carbocycles. The maximum atomic E-state index is 13.0. The first-order valence-corrected chi connectivity index (χ1v) is 4.93. The molecule has 0 heterocycles. The Morgan fingerprint density at radius 1 is 1.60 bits per heavy atom. The van der Waals surface area contributed by atoms with Crippen molar-refractivity contribution in [2.45, 2.75) is 13.0 Å². The van der Waals surface area contributed by atoms with Gasteiger partial charge in [-0.05, 0) is 13.0 Å². The number of benzene rings is 1. The SMILES string of the molecule is COC(C)CNc1cc(Cl)c(F)cc1N. The summed E-state index contributed by atoms with van der Waals surface area (Å²) in [6.07, 6.45) is 0.0493. The molecule has 0 aliphatic rings. The van der Waals surface area contributed by atoms with Crippen LogP contribution >= 0.6 is 11.6 Å². The van der Waals surface area contributed by atoms with Gasteiger partial charge < -0.3 is 15.8 Å². The molecule has 5 heteroatoms. The van der Waals surface area contributed by atoms with Crippen molar-refractivity contribution < 1.29 is 9.13 Å². The van der Waals surface area contributed by atoms with Gasteiger partial charge in [0.1, 0.15) is 5.82 Å². The molecule has 84 valence electrons. The highest BCUT2D eigenvalue weighted by atomic mass is 35.5. The van der Waals surface area contributed by atoms with Crippen molar-refractivity contribution in [3.05, 3.63) is 23.0 Å². The minimum absolute atomic E-state index is 0.0493. The van der Waals surface area contributed by atoms with Crippen molar-refractivity contribution >= 4 is 23.0 Å². The summed E-state index contributed by atoms with van der Waals surface area (Å²) in [6, 6.07) is 2.66. The number of hydrogen-bond acceptors (Lipinski definition) is 3. The molecule has 15 heavy (non-hydrogen) atoms. The molecule has 1 rings (SSSR count). The number of ether oxygens (including phenoxy) is 1. The van der Waals surface area contributed by atoms with Crippen LogP contribution in [0.3, 0.4) is 0 Å². The van der Waals surface area contributed by atoms with Crippen LogP contribution in [0, 0.1) is 5.82 Å². The number of methoxy groups -OCH3 is 1. The van der Waals surface area contributed by atoms with E-state index in [0.717, 1.165) is 0 Å². The van der Waals surface area contributed by atoms with E-state index in [1.165, 1.54) is 12.1 Å². The second-order valence-electron chi connectivity index (χ2n) is 3.28. The van der Waals surface area contributed by atoms with Gasteiger partial charge >= 0.3 is 0 Å². The molecule has 0 spiro atoms. The zero-order valence-electron chi connectivity index (χ0n) is 8.68. The molecule has 3 N–H and O–H groups in total. The van der Waals surface area contributed by atoms with Gasteiger partial charge in [-0.2, -0.15) is 0 Å². The van der Waals surface area contributed by atoms with Crippen LogP contribution in [-0.2, 0) is 4.74 Å². The van der Waals surface area contributed by atoms with Crippen LogP contribution in [0.2, 0.25) is 5.02 Å². The maximum Gasteiger partial charge on any atom is 0.143 e. The predicted octanol–water partition coefficient (Wildman–Crippen LogP) is 2.51. The number of hydrogen-bond donors (Lipinski definition) is 2. The molecule has 3 nitrogen and oxygen atoms in total. The lowest BCUT2D eigenvalue weighted by Crippen LogP contribution is -2.18. The third kappa shape index (κ3) is 3.25. The molecule has 1 unspecified atom stereocenters. The van der Waals surface area contributed by atoms with Crippen molar-refractivity contribution in [1.29, 1.82) is 0 Å². The van der Waals surface area contributed by atoms with Crippen molar-refractivity contribution in [1.82, 2.24) is 0 Å². The minimum Gasteiger partial charge on any atom is -0.397 e. The Kier molecular flexibility index (Phi) is 4.17. The molecule has 0 aromatic heterocycles. The number of nitrogens with one attached hydrogen (secondary N) is 1. The predicted molar refractivity (Wildman–Crippen MR) is 60.8 cm³/mol. The highest BCUT2D eigenvalue weighted by molar-refractivity contribution is 6.31. The summed E-state index contributed by atoms with van der Waals surface area (Å²) in [5, 5.41) is 3.08. The molecule has 0 saturated carbocycles. The molecule has 0 aliphatic carbocycles. The average molecular weight is 233 g/mol. The number of rotatable bonds is 4. The number of anilines is 2. The van der Waals surface area contributed by atoms with E-state index >= 15 is 0 Å². The molecule has 0 fully saturated rings. The van der Waals surface area contributed by atoms with Gasteiger partial charge in [0.15, 0.2) is 0 Å². The average Bonchev–Trinajstić information content (AvgIpc) is 2.21. The van der Waals surface area contributed by atoms with Crippen molar-refractivity contribution in [2.75, 3.05) is 24.7 Å². The summed E-state index contributed by atoms with van der Waals surface area (Å²) in [5.74, 6) is -0.514. The normalized spacial score (nSPS) is 12.5. The van der Waals surface area contributed by atoms with E-state index < -0.39 is 5.82 Å². The third-order valence-corrected chi connectivity index (χ3v) is 2.36. The number of halogens is 2. The third-order valence-electron chi connectivity index (χ3n) is 2.07. The van der Waals surface area contributed by atoms with Crippen molar-refractivity contribution in [3.63, 3.8) is 0 Å². The largest absolute Gasteiger partial charge is 0.397 e. The second-order valence-corrected chi connectivity index (χ2v) is 3.69. The highest BCUT2D eigenvalue weighted by Crippen LogP contribution is 2.26. The number of nitrogens with two attached hydrogens (primary N) is 1. The van der Waals surface area contributed by atoms with Gasteiger partial charge in [-0.15, -0.1) is 0 Å². The molecule has 1 aromatic rings. The fraction of sp³-hybridized carbons (Fsp3) is 0.400. The smallest absolute Gasteiger partial charge is 0.143 e. The summed E-state index contributed by atoms with van der Waals surface area (Å²) < 4.78 is 18.0. The van der Waals surface area contributed by atoms with Gasteiger partial charge in [0.25, 0.3) is 0 Å². The number of nitrogen functional groups attached to an aromatic ring is 1. The Labute approximate surface area is 93.4 Å². The first kappa shape index (κ1) is 12.1. The van der Waals surface area contributed by atoms with Gasteiger partial charge in [0, 0.05) is 19.7 Å². The molecule has 0 radical (unpaired) electrons. The maximum absolute atomic E-state index is 13.0. The molecule has 0 bridgehead atoms. The van der Waals surface area contributed by atoms with E-state index in [9.17, 15) is 4.39 Å². The van der Waals surface area contributed by atoms with Gasteiger partial charge in [0.05, 0.1) is 22.5 Å². The highest BCUT2D eigenvalue weighted by Gasteiger charge is 2.07. The van der Waals surface area contributed by atoms with Crippen LogP contribution in [-0.4, -0.2) is 19.8 Å². The van der Waals surface area contributed by atoms with Gasteiger partial charge in [-0.3, -0.25) is 0 Å². The zero-order chi connectivity index (χ0) is 11.4.